The van der Waals surface area contributed by atoms with Gasteiger partial charge in [-0.3, -0.25) is 4.79 Å². The van der Waals surface area contributed by atoms with Crippen LogP contribution in [0.25, 0.3) is 0 Å². The van der Waals surface area contributed by atoms with Crippen molar-refractivity contribution in [2.45, 2.75) is 13.0 Å². The Hall–Kier alpha value is -1.69. The third-order valence-corrected chi connectivity index (χ3v) is 1.87. The van der Waals surface area contributed by atoms with Crippen molar-refractivity contribution in [2.75, 3.05) is 12.3 Å². The number of hydrogen-bond donors (Lipinski definition) is 3. The zero-order valence-corrected chi connectivity index (χ0v) is 8.63. The fourth-order valence-corrected chi connectivity index (χ4v) is 1.11. The Labute approximate surface area is 91.1 Å². The molecule has 0 saturated carbocycles. The van der Waals surface area contributed by atoms with E-state index >= 15 is 0 Å². The minimum Gasteiger partial charge on any atom is -0.396 e. The molecule has 0 heterocycles. The number of nitrogens with one attached hydrogen (secondary N) is 1. The van der Waals surface area contributed by atoms with Crippen LogP contribution in [0, 0.1) is 11.6 Å². The van der Waals surface area contributed by atoms with Crippen LogP contribution in [0.1, 0.15) is 17.3 Å². The lowest BCUT2D eigenvalue weighted by Gasteiger charge is -2.08. The molecule has 0 aliphatic rings. The molecule has 0 aliphatic heterocycles. The minimum absolute atomic E-state index is 0.0469. The van der Waals surface area contributed by atoms with Crippen LogP contribution in [0.15, 0.2) is 12.1 Å². The number of halogens is 2. The average molecular weight is 230 g/mol. The van der Waals surface area contributed by atoms with Crippen molar-refractivity contribution in [3.8, 4) is 0 Å². The van der Waals surface area contributed by atoms with Crippen molar-refractivity contribution in [1.29, 1.82) is 0 Å². The first-order valence-electron chi connectivity index (χ1n) is 4.62. The van der Waals surface area contributed by atoms with E-state index < -0.39 is 34.9 Å². The predicted octanol–water partition coefficient (Wildman–Crippen LogP) is 0.658. The lowest BCUT2D eigenvalue weighted by atomic mass is 10.1. The number of benzene rings is 1. The summed E-state index contributed by atoms with van der Waals surface area (Å²) >= 11 is 0. The van der Waals surface area contributed by atoms with Gasteiger partial charge in [0.2, 0.25) is 0 Å². The van der Waals surface area contributed by atoms with E-state index in [0.717, 1.165) is 12.1 Å². The Morgan fingerprint density at radius 1 is 1.56 bits per heavy atom. The van der Waals surface area contributed by atoms with Crippen LogP contribution >= 0.6 is 0 Å². The molecule has 1 aromatic carbocycles. The highest BCUT2D eigenvalue weighted by molar-refractivity contribution is 5.95. The fraction of sp³-hybridized carbons (Fsp3) is 0.300. The second-order valence-corrected chi connectivity index (χ2v) is 3.42. The maximum atomic E-state index is 13.3. The van der Waals surface area contributed by atoms with E-state index in [0.29, 0.717) is 0 Å². The molecule has 1 rings (SSSR count). The number of aliphatic hydroxyl groups excluding tert-OH is 1. The topological polar surface area (TPSA) is 75.3 Å². The molecule has 0 fully saturated rings. The van der Waals surface area contributed by atoms with Crippen molar-refractivity contribution in [1.82, 2.24) is 5.32 Å². The van der Waals surface area contributed by atoms with Crippen molar-refractivity contribution in [3.63, 3.8) is 0 Å². The van der Waals surface area contributed by atoms with E-state index in [-0.39, 0.29) is 6.54 Å². The molecule has 0 saturated heterocycles. The molecule has 88 valence electrons. The molecule has 0 radical (unpaired) electrons. The number of aliphatic hydroxyl groups is 1. The van der Waals surface area contributed by atoms with Gasteiger partial charge in [0.15, 0.2) is 5.82 Å². The molecule has 0 aliphatic carbocycles. The van der Waals surface area contributed by atoms with Gasteiger partial charge >= 0.3 is 0 Å². The van der Waals surface area contributed by atoms with Gasteiger partial charge < -0.3 is 16.2 Å². The standard InChI is InChI=1S/C10H12F2N2O2/c1-5(15)4-14-10(16)7-2-6(11)3-8(13)9(7)12/h2-3,5,15H,4,13H2,1H3,(H,14,16). The first-order chi connectivity index (χ1) is 7.41. The van der Waals surface area contributed by atoms with Crippen molar-refractivity contribution >= 4 is 11.6 Å². The molecule has 16 heavy (non-hydrogen) atoms. The van der Waals surface area contributed by atoms with E-state index in [9.17, 15) is 13.6 Å². The number of nitrogens with two attached hydrogens (primary N) is 1. The highest BCUT2D eigenvalue weighted by Crippen LogP contribution is 2.17. The number of hydrogen-bond acceptors (Lipinski definition) is 3. The van der Waals surface area contributed by atoms with E-state index in [1.54, 1.807) is 0 Å². The van der Waals surface area contributed by atoms with Gasteiger partial charge in [-0.05, 0) is 19.1 Å². The maximum absolute atomic E-state index is 13.3. The molecular weight excluding hydrogens is 218 g/mol. The minimum atomic E-state index is -0.968. The summed E-state index contributed by atoms with van der Waals surface area (Å²) in [5.41, 5.74) is 4.27. The molecule has 6 heteroatoms. The molecule has 1 atom stereocenters. The van der Waals surface area contributed by atoms with Crippen molar-refractivity contribution in [2.24, 2.45) is 0 Å². The van der Waals surface area contributed by atoms with Crippen LogP contribution in [-0.4, -0.2) is 23.7 Å². The monoisotopic (exact) mass is 230 g/mol. The normalized spacial score (nSPS) is 12.2. The van der Waals surface area contributed by atoms with Gasteiger partial charge in [0.05, 0.1) is 17.4 Å². The summed E-state index contributed by atoms with van der Waals surface area (Å²) in [5.74, 6) is -2.57. The Kier molecular flexibility index (Phi) is 3.78. The molecule has 1 unspecified atom stereocenters. The predicted molar refractivity (Wildman–Crippen MR) is 54.8 cm³/mol. The van der Waals surface area contributed by atoms with Gasteiger partial charge in [-0.2, -0.15) is 0 Å². The first-order valence-corrected chi connectivity index (χ1v) is 4.62. The summed E-state index contributed by atoms with van der Waals surface area (Å²) in [7, 11) is 0. The van der Waals surface area contributed by atoms with Gasteiger partial charge in [-0.15, -0.1) is 0 Å². The molecule has 0 aromatic heterocycles. The fourth-order valence-electron chi connectivity index (χ4n) is 1.11. The van der Waals surface area contributed by atoms with E-state index in [2.05, 4.69) is 5.32 Å². The Bertz CT molecular complexity index is 408. The number of nitrogen functional groups attached to an aromatic ring is 1. The lowest BCUT2D eigenvalue weighted by Crippen LogP contribution is -2.31. The molecule has 4 nitrogen and oxygen atoms in total. The highest BCUT2D eigenvalue weighted by atomic mass is 19.1. The highest BCUT2D eigenvalue weighted by Gasteiger charge is 2.16. The summed E-state index contributed by atoms with van der Waals surface area (Å²) in [6, 6.07) is 1.55. The van der Waals surface area contributed by atoms with Crippen molar-refractivity contribution in [3.05, 3.63) is 29.3 Å². The smallest absolute Gasteiger partial charge is 0.254 e. The van der Waals surface area contributed by atoms with E-state index in [1.807, 2.05) is 0 Å². The van der Waals surface area contributed by atoms with Gasteiger partial charge in [-0.1, -0.05) is 0 Å². The van der Waals surface area contributed by atoms with Gasteiger partial charge in [-0.25, -0.2) is 8.78 Å². The Morgan fingerprint density at radius 3 is 2.75 bits per heavy atom. The second kappa shape index (κ2) is 4.89. The van der Waals surface area contributed by atoms with Crippen LogP contribution < -0.4 is 11.1 Å². The number of rotatable bonds is 3. The lowest BCUT2D eigenvalue weighted by molar-refractivity contribution is 0.0919. The van der Waals surface area contributed by atoms with Crippen LogP contribution in [0.3, 0.4) is 0 Å². The number of anilines is 1. The SMILES string of the molecule is CC(O)CNC(=O)c1cc(F)cc(N)c1F. The summed E-state index contributed by atoms with van der Waals surface area (Å²) in [6.45, 7) is 1.41. The molecule has 4 N–H and O–H groups in total. The average Bonchev–Trinajstić information content (AvgIpc) is 2.19. The van der Waals surface area contributed by atoms with E-state index in [1.165, 1.54) is 6.92 Å². The van der Waals surface area contributed by atoms with Gasteiger partial charge in [0.1, 0.15) is 5.82 Å². The number of carbonyl (C=O) groups excluding carboxylic acids is 1. The Morgan fingerprint density at radius 2 is 2.19 bits per heavy atom. The number of carbonyl (C=O) groups is 1. The Balaban J connectivity index is 2.91. The number of amides is 1. The maximum Gasteiger partial charge on any atom is 0.254 e. The van der Waals surface area contributed by atoms with Gasteiger partial charge in [0.25, 0.3) is 5.91 Å². The third-order valence-electron chi connectivity index (χ3n) is 1.87. The van der Waals surface area contributed by atoms with Crippen LogP contribution in [0.2, 0.25) is 0 Å². The van der Waals surface area contributed by atoms with E-state index in [4.69, 9.17) is 10.8 Å². The summed E-state index contributed by atoms with van der Waals surface area (Å²) in [4.78, 5) is 11.4. The van der Waals surface area contributed by atoms with Crippen molar-refractivity contribution < 1.29 is 18.7 Å². The quantitative estimate of drug-likeness (QED) is 0.667. The van der Waals surface area contributed by atoms with Crippen LogP contribution in [0.5, 0.6) is 0 Å². The molecule has 0 spiro atoms. The molecule has 0 bridgehead atoms. The van der Waals surface area contributed by atoms with Crippen LogP contribution in [-0.2, 0) is 0 Å². The summed E-state index contributed by atoms with van der Waals surface area (Å²) in [5, 5.41) is 11.2. The zero-order chi connectivity index (χ0) is 12.3. The first kappa shape index (κ1) is 12.4. The third kappa shape index (κ3) is 2.90. The molecule has 1 aromatic rings. The zero-order valence-electron chi connectivity index (χ0n) is 8.63. The molecule has 1 amide bonds. The summed E-state index contributed by atoms with van der Waals surface area (Å²) < 4.78 is 26.2. The largest absolute Gasteiger partial charge is 0.396 e. The molecular formula is C10H12F2N2O2. The van der Waals surface area contributed by atoms with Gasteiger partial charge in [0, 0.05) is 6.54 Å². The van der Waals surface area contributed by atoms with Crippen LogP contribution in [0.4, 0.5) is 14.5 Å². The summed E-state index contributed by atoms with van der Waals surface area (Å²) in [6.07, 6.45) is -0.766. The second-order valence-electron chi connectivity index (χ2n) is 3.42.